The fourth-order valence-electron chi connectivity index (χ4n) is 4.75. The van der Waals surface area contributed by atoms with Gasteiger partial charge in [0.25, 0.3) is 5.91 Å². The number of nitrogens with one attached hydrogen (secondary N) is 1. The number of likely N-dealkylation sites (tertiary alicyclic amines) is 1. The van der Waals surface area contributed by atoms with Gasteiger partial charge < -0.3 is 19.7 Å². The van der Waals surface area contributed by atoms with E-state index in [0.29, 0.717) is 11.1 Å². The highest BCUT2D eigenvalue weighted by Gasteiger charge is 2.40. The number of aliphatic hydroxyl groups excluding tert-OH is 1. The largest absolute Gasteiger partial charge is 0.456 e. The van der Waals surface area contributed by atoms with E-state index in [1.54, 1.807) is 12.3 Å². The molecule has 1 fully saturated rings. The summed E-state index contributed by atoms with van der Waals surface area (Å²) in [4.78, 5) is 42.9. The predicted molar refractivity (Wildman–Crippen MR) is 118 cm³/mol. The normalized spacial score (nSPS) is 19.8. The molecule has 32 heavy (non-hydrogen) atoms. The van der Waals surface area contributed by atoms with Gasteiger partial charge in [0.2, 0.25) is 5.78 Å². The van der Waals surface area contributed by atoms with Gasteiger partial charge in [-0.3, -0.25) is 9.59 Å². The third-order valence-corrected chi connectivity index (χ3v) is 6.39. The molecule has 3 aromatic rings. The molecule has 0 bridgehead atoms. The molecule has 164 valence electrons. The van der Waals surface area contributed by atoms with Crippen LogP contribution in [0.2, 0.25) is 0 Å². The van der Waals surface area contributed by atoms with Crippen molar-refractivity contribution < 1.29 is 24.2 Å². The maximum Gasteiger partial charge on any atom is 0.329 e. The standard InChI is InChI=1S/C25H24N2O5/c28-18-11-22(27(13-18)24(30)17-9-8-15-4-3-5-16(15)10-17)25(31)32-14-23(29)20-12-26-21-7-2-1-6-19(20)21/h1-2,6-10,12,18,22,26,28H,3-5,11,13-14H2. The third-order valence-electron chi connectivity index (χ3n) is 6.39. The summed E-state index contributed by atoms with van der Waals surface area (Å²) in [7, 11) is 0. The number of ether oxygens (including phenoxy) is 1. The van der Waals surface area contributed by atoms with E-state index >= 15 is 0 Å². The monoisotopic (exact) mass is 432 g/mol. The summed E-state index contributed by atoms with van der Waals surface area (Å²) >= 11 is 0. The van der Waals surface area contributed by atoms with E-state index < -0.39 is 24.7 Å². The number of aliphatic hydroxyl groups is 1. The number of aryl methyl sites for hydroxylation is 2. The van der Waals surface area contributed by atoms with E-state index in [9.17, 15) is 19.5 Å². The van der Waals surface area contributed by atoms with Crippen molar-refractivity contribution in [2.75, 3.05) is 13.2 Å². The molecule has 0 saturated carbocycles. The maximum absolute atomic E-state index is 13.1. The van der Waals surface area contributed by atoms with Crippen LogP contribution in [0.4, 0.5) is 0 Å². The SMILES string of the molecule is O=C(COC(=O)C1CC(O)CN1C(=O)c1ccc2c(c1)CCC2)c1c[nH]c2ccccc12. The number of fused-ring (bicyclic) bond motifs is 2. The zero-order valence-electron chi connectivity index (χ0n) is 17.5. The van der Waals surface area contributed by atoms with Crippen molar-refractivity contribution in [1.82, 2.24) is 9.88 Å². The van der Waals surface area contributed by atoms with Crippen LogP contribution in [0.15, 0.2) is 48.7 Å². The lowest BCUT2D eigenvalue weighted by molar-refractivity contribution is -0.147. The molecular weight excluding hydrogens is 408 g/mol. The Hall–Kier alpha value is -3.45. The molecule has 7 nitrogen and oxygen atoms in total. The Labute approximate surface area is 185 Å². The van der Waals surface area contributed by atoms with Gasteiger partial charge in [0.15, 0.2) is 6.61 Å². The quantitative estimate of drug-likeness (QED) is 0.477. The zero-order valence-corrected chi connectivity index (χ0v) is 17.5. The Morgan fingerprint density at radius 3 is 2.78 bits per heavy atom. The van der Waals surface area contributed by atoms with Crippen LogP contribution in [-0.4, -0.2) is 57.9 Å². The average molecular weight is 432 g/mol. The first-order valence-corrected chi connectivity index (χ1v) is 10.9. The fraction of sp³-hybridized carbons (Fsp3) is 0.320. The number of amides is 1. The van der Waals surface area contributed by atoms with Crippen LogP contribution in [0.25, 0.3) is 10.9 Å². The number of aromatic nitrogens is 1. The number of Topliss-reactive ketones (excluding diaryl/α,β-unsaturated/α-hetero) is 1. The van der Waals surface area contributed by atoms with Crippen LogP contribution in [0.5, 0.6) is 0 Å². The van der Waals surface area contributed by atoms with E-state index in [1.807, 2.05) is 36.4 Å². The van der Waals surface area contributed by atoms with Crippen LogP contribution in [0.3, 0.4) is 0 Å². The number of esters is 1. The van der Waals surface area contributed by atoms with Crippen LogP contribution >= 0.6 is 0 Å². The van der Waals surface area contributed by atoms with E-state index in [0.717, 1.165) is 30.2 Å². The number of carbonyl (C=O) groups is 3. The number of ketones is 1. The predicted octanol–water partition coefficient (Wildman–Crippen LogP) is 2.66. The Kier molecular flexibility index (Phi) is 5.27. The Morgan fingerprint density at radius 1 is 1.09 bits per heavy atom. The van der Waals surface area contributed by atoms with E-state index in [4.69, 9.17) is 4.74 Å². The average Bonchev–Trinajstić information content (AvgIpc) is 3.53. The van der Waals surface area contributed by atoms with Gasteiger partial charge >= 0.3 is 5.97 Å². The molecule has 1 amide bonds. The number of rotatable bonds is 5. The number of carbonyl (C=O) groups excluding carboxylic acids is 3. The minimum atomic E-state index is -0.915. The van der Waals surface area contributed by atoms with Crippen molar-refractivity contribution in [2.24, 2.45) is 0 Å². The number of benzene rings is 2. The molecule has 1 aromatic heterocycles. The molecule has 2 unspecified atom stereocenters. The molecular formula is C25H24N2O5. The Bertz CT molecular complexity index is 1210. The lowest BCUT2D eigenvalue weighted by Gasteiger charge is -2.23. The zero-order chi connectivity index (χ0) is 22.2. The summed E-state index contributed by atoms with van der Waals surface area (Å²) in [5.74, 6) is -1.31. The smallest absolute Gasteiger partial charge is 0.329 e. The molecule has 2 aliphatic rings. The van der Waals surface area contributed by atoms with Crippen LogP contribution < -0.4 is 0 Å². The molecule has 0 radical (unpaired) electrons. The van der Waals surface area contributed by atoms with E-state index in [2.05, 4.69) is 4.98 Å². The summed E-state index contributed by atoms with van der Waals surface area (Å²) in [5, 5.41) is 10.9. The van der Waals surface area contributed by atoms with Gasteiger partial charge in [-0.25, -0.2) is 4.79 Å². The van der Waals surface area contributed by atoms with Gasteiger partial charge in [0.1, 0.15) is 6.04 Å². The third kappa shape index (κ3) is 3.69. The lowest BCUT2D eigenvalue weighted by Crippen LogP contribution is -2.42. The highest BCUT2D eigenvalue weighted by Crippen LogP contribution is 2.26. The number of aromatic amines is 1. The molecule has 2 heterocycles. The van der Waals surface area contributed by atoms with Crippen LogP contribution in [0.1, 0.15) is 44.7 Å². The number of H-pyrrole nitrogens is 1. The van der Waals surface area contributed by atoms with Gasteiger partial charge in [-0.15, -0.1) is 0 Å². The molecule has 0 spiro atoms. The van der Waals surface area contributed by atoms with Crippen molar-refractivity contribution >= 4 is 28.6 Å². The van der Waals surface area contributed by atoms with Crippen LogP contribution in [-0.2, 0) is 22.4 Å². The number of hydrogen-bond acceptors (Lipinski definition) is 5. The van der Waals surface area contributed by atoms with Gasteiger partial charge in [-0.1, -0.05) is 24.3 Å². The number of hydrogen-bond donors (Lipinski definition) is 2. The highest BCUT2D eigenvalue weighted by atomic mass is 16.5. The fourth-order valence-corrected chi connectivity index (χ4v) is 4.75. The summed E-state index contributed by atoms with van der Waals surface area (Å²) in [5.41, 5.74) is 4.21. The van der Waals surface area contributed by atoms with E-state index in [-0.39, 0.29) is 24.7 Å². The molecule has 1 saturated heterocycles. The summed E-state index contributed by atoms with van der Waals surface area (Å²) in [6, 6.07) is 12.1. The molecule has 1 aliphatic carbocycles. The Balaban J connectivity index is 1.28. The first kappa shape index (κ1) is 20.5. The number of β-amino-alcohol motifs (C(OH)–C–C–N with tert-alkyl or cyclic N) is 1. The van der Waals surface area contributed by atoms with Gasteiger partial charge in [-0.05, 0) is 48.6 Å². The first-order chi connectivity index (χ1) is 15.5. The maximum atomic E-state index is 13.1. The second kappa shape index (κ2) is 8.24. The summed E-state index contributed by atoms with van der Waals surface area (Å²) in [6.45, 7) is -0.361. The number of nitrogens with zero attached hydrogens (tertiary/aromatic N) is 1. The molecule has 2 aromatic carbocycles. The van der Waals surface area contributed by atoms with Gasteiger partial charge in [0.05, 0.1) is 6.10 Å². The first-order valence-electron chi connectivity index (χ1n) is 10.9. The van der Waals surface area contributed by atoms with Crippen molar-refractivity contribution in [3.05, 3.63) is 70.9 Å². The summed E-state index contributed by atoms with van der Waals surface area (Å²) in [6.07, 6.45) is 3.93. The van der Waals surface area contributed by atoms with Crippen molar-refractivity contribution in [3.8, 4) is 0 Å². The van der Waals surface area contributed by atoms with Gasteiger partial charge in [0, 0.05) is 41.2 Å². The highest BCUT2D eigenvalue weighted by molar-refractivity contribution is 6.09. The van der Waals surface area contributed by atoms with Crippen molar-refractivity contribution in [3.63, 3.8) is 0 Å². The minimum Gasteiger partial charge on any atom is -0.456 e. The second-order valence-corrected chi connectivity index (χ2v) is 8.48. The molecule has 5 rings (SSSR count). The van der Waals surface area contributed by atoms with Crippen LogP contribution in [0, 0.1) is 0 Å². The van der Waals surface area contributed by atoms with Crippen molar-refractivity contribution in [2.45, 2.75) is 37.8 Å². The minimum absolute atomic E-state index is 0.0616. The lowest BCUT2D eigenvalue weighted by atomic mass is 10.1. The Morgan fingerprint density at radius 2 is 1.91 bits per heavy atom. The molecule has 1 aliphatic heterocycles. The second-order valence-electron chi connectivity index (χ2n) is 8.48. The summed E-state index contributed by atoms with van der Waals surface area (Å²) < 4.78 is 5.29. The van der Waals surface area contributed by atoms with Gasteiger partial charge in [-0.2, -0.15) is 0 Å². The van der Waals surface area contributed by atoms with Crippen molar-refractivity contribution in [1.29, 1.82) is 0 Å². The molecule has 2 atom stereocenters. The topological polar surface area (TPSA) is 99.7 Å². The molecule has 2 N–H and O–H groups in total. The molecule has 7 heteroatoms. The van der Waals surface area contributed by atoms with E-state index in [1.165, 1.54) is 16.0 Å². The number of para-hydroxylation sites is 1.